The number of imide groups is 1. The molecule has 5 nitrogen and oxygen atoms in total. The SMILES string of the molecule is C[C@@H](C(=O)O)N(C=O)C=O.[NaH].[NaH].[NaH]. The van der Waals surface area contributed by atoms with E-state index < -0.39 is 12.0 Å². The molecule has 0 bridgehead atoms. The van der Waals surface area contributed by atoms with E-state index in [-0.39, 0.29) is 101 Å². The summed E-state index contributed by atoms with van der Waals surface area (Å²) in [6.07, 6.45) is 0.345. The van der Waals surface area contributed by atoms with Crippen molar-refractivity contribution in [3.8, 4) is 0 Å². The normalized spacial score (nSPS) is 9.00. The molecular formula is C5H10NNa3O4. The van der Waals surface area contributed by atoms with Gasteiger partial charge >= 0.3 is 94.6 Å². The molecule has 2 amide bonds. The summed E-state index contributed by atoms with van der Waals surface area (Å²) in [6.45, 7) is 1.24. The van der Waals surface area contributed by atoms with Crippen LogP contribution < -0.4 is 0 Å². The van der Waals surface area contributed by atoms with Crippen molar-refractivity contribution in [3.63, 3.8) is 0 Å². The van der Waals surface area contributed by atoms with Gasteiger partial charge in [-0.2, -0.15) is 0 Å². The van der Waals surface area contributed by atoms with Gasteiger partial charge in [0.15, 0.2) is 0 Å². The Morgan fingerprint density at radius 1 is 1.23 bits per heavy atom. The van der Waals surface area contributed by atoms with Gasteiger partial charge in [0.2, 0.25) is 12.8 Å². The predicted octanol–water partition coefficient (Wildman–Crippen LogP) is -2.87. The Bertz CT molecular complexity index is 158. The van der Waals surface area contributed by atoms with Crippen molar-refractivity contribution in [1.29, 1.82) is 0 Å². The summed E-state index contributed by atoms with van der Waals surface area (Å²) in [5, 5.41) is 8.26. The summed E-state index contributed by atoms with van der Waals surface area (Å²) in [7, 11) is 0. The van der Waals surface area contributed by atoms with Crippen LogP contribution in [0.4, 0.5) is 0 Å². The molecule has 0 unspecified atom stereocenters. The van der Waals surface area contributed by atoms with Crippen LogP contribution in [0.15, 0.2) is 0 Å². The Labute approximate surface area is 142 Å². The zero-order valence-corrected chi connectivity index (χ0v) is 5.35. The van der Waals surface area contributed by atoms with Crippen LogP contribution in [-0.4, -0.2) is 124 Å². The van der Waals surface area contributed by atoms with Crippen molar-refractivity contribution >= 4 is 107 Å². The Morgan fingerprint density at radius 3 is 1.62 bits per heavy atom. The molecule has 0 aromatic heterocycles. The molecular weight excluding hydrogens is 207 g/mol. The van der Waals surface area contributed by atoms with Gasteiger partial charge in [-0.1, -0.05) is 0 Å². The number of nitrogens with zero attached hydrogens (tertiary/aromatic N) is 1. The average molecular weight is 217 g/mol. The molecule has 0 aromatic rings. The van der Waals surface area contributed by atoms with Crippen molar-refractivity contribution in [2.45, 2.75) is 13.0 Å². The Hall–Kier alpha value is 1.61. The zero-order chi connectivity index (χ0) is 8.15. The summed E-state index contributed by atoms with van der Waals surface area (Å²) >= 11 is 0. The van der Waals surface area contributed by atoms with E-state index >= 15 is 0 Å². The van der Waals surface area contributed by atoms with E-state index in [1.54, 1.807) is 0 Å². The number of carboxylic acids is 1. The topological polar surface area (TPSA) is 74.7 Å². The van der Waals surface area contributed by atoms with Gasteiger partial charge in [0.05, 0.1) is 0 Å². The molecule has 0 aliphatic carbocycles. The van der Waals surface area contributed by atoms with E-state index in [1.165, 1.54) is 6.92 Å². The minimum absolute atomic E-state index is 0. The van der Waals surface area contributed by atoms with Crippen molar-refractivity contribution in [2.24, 2.45) is 0 Å². The number of rotatable bonds is 4. The molecule has 0 radical (unpaired) electrons. The number of carbonyl (C=O) groups excluding carboxylic acids is 2. The van der Waals surface area contributed by atoms with Crippen LogP contribution in [0.3, 0.4) is 0 Å². The third kappa shape index (κ3) is 9.90. The van der Waals surface area contributed by atoms with Crippen LogP contribution in [-0.2, 0) is 14.4 Å². The van der Waals surface area contributed by atoms with Crippen molar-refractivity contribution in [1.82, 2.24) is 4.90 Å². The van der Waals surface area contributed by atoms with Crippen LogP contribution in [0.2, 0.25) is 0 Å². The van der Waals surface area contributed by atoms with Crippen LogP contribution in [0, 0.1) is 0 Å². The Balaban J connectivity index is -0.000000135. The van der Waals surface area contributed by atoms with Crippen LogP contribution in [0.25, 0.3) is 0 Å². The van der Waals surface area contributed by atoms with E-state index in [0.717, 1.165) is 0 Å². The zero-order valence-electron chi connectivity index (χ0n) is 5.35. The second-order valence-electron chi connectivity index (χ2n) is 1.67. The molecule has 1 N–H and O–H groups in total. The number of hydrogen-bond donors (Lipinski definition) is 1. The molecule has 0 aliphatic heterocycles. The van der Waals surface area contributed by atoms with Gasteiger partial charge < -0.3 is 5.11 Å². The molecule has 0 saturated carbocycles. The van der Waals surface area contributed by atoms with Gasteiger partial charge in [-0.25, -0.2) is 4.79 Å². The van der Waals surface area contributed by atoms with Crippen LogP contribution in [0.1, 0.15) is 6.92 Å². The van der Waals surface area contributed by atoms with Gasteiger partial charge in [0.25, 0.3) is 0 Å². The van der Waals surface area contributed by atoms with Gasteiger partial charge in [0, 0.05) is 0 Å². The van der Waals surface area contributed by atoms with E-state index in [4.69, 9.17) is 5.11 Å². The summed E-state index contributed by atoms with van der Waals surface area (Å²) < 4.78 is 0. The van der Waals surface area contributed by atoms with E-state index in [9.17, 15) is 14.4 Å². The molecule has 1 atom stereocenters. The standard InChI is InChI=1S/C5H7NO4.3Na.3H/c1-4(5(9)10)6(2-7)3-8;;;;;;/h2-4H,1H3,(H,9,10);;;;;;/t4-;;;;;;/m0....../s1. The number of hydrogen-bond acceptors (Lipinski definition) is 3. The predicted molar refractivity (Wildman–Crippen MR) is 52.5 cm³/mol. The molecule has 0 saturated heterocycles. The van der Waals surface area contributed by atoms with Gasteiger partial charge in [-0.05, 0) is 6.92 Å². The molecule has 8 heteroatoms. The molecule has 0 spiro atoms. The number of carbonyl (C=O) groups is 3. The van der Waals surface area contributed by atoms with Crippen molar-refractivity contribution in [2.75, 3.05) is 0 Å². The van der Waals surface area contributed by atoms with E-state index in [2.05, 4.69) is 0 Å². The second kappa shape index (κ2) is 13.6. The number of amides is 2. The number of carboxylic acid groups (broad SMARTS) is 1. The molecule has 0 heterocycles. The first-order chi connectivity index (χ1) is 4.63. The van der Waals surface area contributed by atoms with E-state index in [0.29, 0.717) is 4.90 Å². The van der Waals surface area contributed by atoms with Crippen molar-refractivity contribution in [3.05, 3.63) is 0 Å². The van der Waals surface area contributed by atoms with Crippen molar-refractivity contribution < 1.29 is 19.5 Å². The first-order valence-electron chi connectivity index (χ1n) is 2.54. The monoisotopic (exact) mass is 217 g/mol. The maximum absolute atomic E-state index is 10.1. The fourth-order valence-electron chi connectivity index (χ4n) is 0.335. The Morgan fingerprint density at radius 2 is 1.54 bits per heavy atom. The molecule has 0 aromatic carbocycles. The third-order valence-electron chi connectivity index (χ3n) is 1.05. The Kier molecular flexibility index (Phi) is 25.2. The first kappa shape index (κ1) is 24.0. The quantitative estimate of drug-likeness (QED) is 0.405. The first-order valence-corrected chi connectivity index (χ1v) is 2.54. The summed E-state index contributed by atoms with van der Waals surface area (Å²) in [5.41, 5.74) is 0. The minimum atomic E-state index is -1.21. The van der Waals surface area contributed by atoms with Crippen LogP contribution in [0.5, 0.6) is 0 Å². The van der Waals surface area contributed by atoms with Gasteiger partial charge in [-0.15, -0.1) is 0 Å². The van der Waals surface area contributed by atoms with Gasteiger partial charge in [-0.3, -0.25) is 14.5 Å². The molecule has 62 valence electrons. The average Bonchev–Trinajstić information content (AvgIpc) is 1.90. The third-order valence-corrected chi connectivity index (χ3v) is 1.05. The fraction of sp³-hybridized carbons (Fsp3) is 0.400. The number of aliphatic carboxylic acids is 1. The van der Waals surface area contributed by atoms with Crippen LogP contribution >= 0.6 is 0 Å². The fourth-order valence-corrected chi connectivity index (χ4v) is 0.335. The molecule has 0 rings (SSSR count). The molecule has 0 aliphatic rings. The summed E-state index contributed by atoms with van der Waals surface area (Å²) in [6, 6.07) is -1.09. The molecule has 0 fully saturated rings. The second-order valence-corrected chi connectivity index (χ2v) is 1.67. The maximum atomic E-state index is 10.1. The summed E-state index contributed by atoms with van der Waals surface area (Å²) in [4.78, 5) is 30.5. The molecule has 13 heavy (non-hydrogen) atoms. The van der Waals surface area contributed by atoms with Gasteiger partial charge in [0.1, 0.15) is 6.04 Å². The van der Waals surface area contributed by atoms with E-state index in [1.807, 2.05) is 0 Å². The summed E-state index contributed by atoms with van der Waals surface area (Å²) in [5.74, 6) is -1.21.